The van der Waals surface area contributed by atoms with Gasteiger partial charge in [0.1, 0.15) is 0 Å². The third-order valence-corrected chi connectivity index (χ3v) is 4.09. The molecule has 2 aromatic rings. The molecule has 0 spiro atoms. The zero-order valence-corrected chi connectivity index (χ0v) is 15.1. The summed E-state index contributed by atoms with van der Waals surface area (Å²) in [5.74, 6) is -0.0234. The first-order valence-electron chi connectivity index (χ1n) is 8.35. The van der Waals surface area contributed by atoms with Gasteiger partial charge in [-0.25, -0.2) is 0 Å². The highest BCUT2D eigenvalue weighted by atomic mass is 16.2. The van der Waals surface area contributed by atoms with Crippen molar-refractivity contribution in [1.82, 2.24) is 4.90 Å². The lowest BCUT2D eigenvalue weighted by molar-refractivity contribution is 0.0762. The molecular formula is C22H24N2O. The standard InChI is InChI=1S/C22H24N2O/c1-5-14-24(16-18-8-6-17(15-23)7-9-18)21(25)19-10-12-20(13-11-19)22(2,3)4/h5-13H,1,14,16H2,2-4H3. The van der Waals surface area contributed by atoms with E-state index in [0.29, 0.717) is 24.2 Å². The molecule has 0 fully saturated rings. The molecule has 0 aliphatic rings. The van der Waals surface area contributed by atoms with E-state index in [1.54, 1.807) is 23.1 Å². The van der Waals surface area contributed by atoms with E-state index in [4.69, 9.17) is 5.26 Å². The summed E-state index contributed by atoms with van der Waals surface area (Å²) < 4.78 is 0. The van der Waals surface area contributed by atoms with E-state index in [1.807, 2.05) is 36.4 Å². The normalized spacial score (nSPS) is 10.8. The van der Waals surface area contributed by atoms with Crippen molar-refractivity contribution in [1.29, 1.82) is 5.26 Å². The Balaban J connectivity index is 2.19. The van der Waals surface area contributed by atoms with E-state index in [2.05, 4.69) is 33.4 Å². The molecule has 128 valence electrons. The van der Waals surface area contributed by atoms with Crippen molar-refractivity contribution < 1.29 is 4.79 Å². The van der Waals surface area contributed by atoms with Crippen molar-refractivity contribution in [3.05, 3.63) is 83.4 Å². The zero-order chi connectivity index (χ0) is 18.4. The molecule has 0 atom stereocenters. The van der Waals surface area contributed by atoms with E-state index in [1.165, 1.54) is 5.56 Å². The Labute approximate surface area is 150 Å². The minimum absolute atomic E-state index is 0.0234. The number of nitrogens with zero attached hydrogens (tertiary/aromatic N) is 2. The Morgan fingerprint density at radius 3 is 2.20 bits per heavy atom. The summed E-state index contributed by atoms with van der Waals surface area (Å²) >= 11 is 0. The number of carbonyl (C=O) groups excluding carboxylic acids is 1. The lowest BCUT2D eigenvalue weighted by Crippen LogP contribution is -2.30. The third-order valence-electron chi connectivity index (χ3n) is 4.09. The van der Waals surface area contributed by atoms with Crippen molar-refractivity contribution >= 4 is 5.91 Å². The fraction of sp³-hybridized carbons (Fsp3) is 0.273. The molecule has 0 saturated carbocycles. The van der Waals surface area contributed by atoms with Gasteiger partial charge in [-0.05, 0) is 40.8 Å². The minimum atomic E-state index is -0.0234. The van der Waals surface area contributed by atoms with Crippen LogP contribution in [-0.2, 0) is 12.0 Å². The molecule has 0 aromatic heterocycles. The molecule has 0 heterocycles. The smallest absolute Gasteiger partial charge is 0.254 e. The number of hydrogen-bond acceptors (Lipinski definition) is 2. The molecule has 0 bridgehead atoms. The minimum Gasteiger partial charge on any atom is -0.331 e. The number of rotatable bonds is 5. The summed E-state index contributed by atoms with van der Waals surface area (Å²) in [6.07, 6.45) is 1.73. The van der Waals surface area contributed by atoms with Crippen LogP contribution in [0.1, 0.15) is 47.8 Å². The second-order valence-corrected chi connectivity index (χ2v) is 7.11. The van der Waals surface area contributed by atoms with Crippen molar-refractivity contribution in [2.45, 2.75) is 32.7 Å². The molecule has 0 radical (unpaired) electrons. The molecule has 0 saturated heterocycles. The van der Waals surface area contributed by atoms with E-state index in [0.717, 1.165) is 5.56 Å². The average molecular weight is 332 g/mol. The Bertz CT molecular complexity index is 775. The number of carbonyl (C=O) groups is 1. The maximum absolute atomic E-state index is 12.8. The topological polar surface area (TPSA) is 44.1 Å². The van der Waals surface area contributed by atoms with Gasteiger partial charge < -0.3 is 4.90 Å². The number of nitriles is 1. The van der Waals surface area contributed by atoms with Crippen molar-refractivity contribution in [3.63, 3.8) is 0 Å². The van der Waals surface area contributed by atoms with Gasteiger partial charge in [-0.15, -0.1) is 6.58 Å². The Kier molecular flexibility index (Phi) is 5.77. The molecule has 3 heteroatoms. The van der Waals surface area contributed by atoms with Crippen molar-refractivity contribution in [3.8, 4) is 6.07 Å². The molecule has 0 unspecified atom stereocenters. The zero-order valence-electron chi connectivity index (χ0n) is 15.1. The second kappa shape index (κ2) is 7.81. The van der Waals surface area contributed by atoms with Gasteiger partial charge in [-0.1, -0.05) is 51.1 Å². The highest BCUT2D eigenvalue weighted by Crippen LogP contribution is 2.22. The average Bonchev–Trinajstić information content (AvgIpc) is 2.61. The highest BCUT2D eigenvalue weighted by molar-refractivity contribution is 5.94. The van der Waals surface area contributed by atoms with Gasteiger partial charge in [0, 0.05) is 18.7 Å². The number of hydrogen-bond donors (Lipinski definition) is 0. The van der Waals surface area contributed by atoms with Gasteiger partial charge in [0.2, 0.25) is 0 Å². The first-order chi connectivity index (χ1) is 11.8. The van der Waals surface area contributed by atoms with E-state index in [9.17, 15) is 4.79 Å². The lowest BCUT2D eigenvalue weighted by atomic mass is 9.86. The summed E-state index contributed by atoms with van der Waals surface area (Å²) in [4.78, 5) is 14.6. The summed E-state index contributed by atoms with van der Waals surface area (Å²) in [7, 11) is 0. The molecule has 0 N–H and O–H groups in total. The molecule has 25 heavy (non-hydrogen) atoms. The van der Waals surface area contributed by atoms with Crippen LogP contribution in [0.2, 0.25) is 0 Å². The van der Waals surface area contributed by atoms with Gasteiger partial charge in [-0.2, -0.15) is 5.26 Å². The Morgan fingerprint density at radius 1 is 1.12 bits per heavy atom. The lowest BCUT2D eigenvalue weighted by Gasteiger charge is -2.23. The molecule has 2 aromatic carbocycles. The number of benzene rings is 2. The van der Waals surface area contributed by atoms with Crippen LogP contribution in [-0.4, -0.2) is 17.4 Å². The molecule has 0 aliphatic carbocycles. The van der Waals surface area contributed by atoms with Crippen LogP contribution in [0.5, 0.6) is 0 Å². The molecular weight excluding hydrogens is 308 g/mol. The van der Waals surface area contributed by atoms with Crippen LogP contribution >= 0.6 is 0 Å². The van der Waals surface area contributed by atoms with Crippen LogP contribution in [0.3, 0.4) is 0 Å². The van der Waals surface area contributed by atoms with Crippen LogP contribution in [0.15, 0.2) is 61.2 Å². The van der Waals surface area contributed by atoms with E-state index in [-0.39, 0.29) is 11.3 Å². The van der Waals surface area contributed by atoms with E-state index >= 15 is 0 Å². The summed E-state index contributed by atoms with van der Waals surface area (Å²) in [6.45, 7) is 11.2. The highest BCUT2D eigenvalue weighted by Gasteiger charge is 2.17. The predicted molar refractivity (Wildman–Crippen MR) is 101 cm³/mol. The molecule has 0 aliphatic heterocycles. The van der Waals surface area contributed by atoms with Crippen LogP contribution in [0.25, 0.3) is 0 Å². The van der Waals surface area contributed by atoms with Crippen LogP contribution in [0.4, 0.5) is 0 Å². The second-order valence-electron chi connectivity index (χ2n) is 7.11. The van der Waals surface area contributed by atoms with Crippen molar-refractivity contribution in [2.75, 3.05) is 6.54 Å². The van der Waals surface area contributed by atoms with Crippen molar-refractivity contribution in [2.24, 2.45) is 0 Å². The Morgan fingerprint density at radius 2 is 1.72 bits per heavy atom. The summed E-state index contributed by atoms with van der Waals surface area (Å²) in [5.41, 5.74) is 3.53. The van der Waals surface area contributed by atoms with Gasteiger partial charge in [0.25, 0.3) is 5.91 Å². The molecule has 1 amide bonds. The maximum Gasteiger partial charge on any atom is 0.254 e. The monoisotopic (exact) mass is 332 g/mol. The van der Waals surface area contributed by atoms with Gasteiger partial charge in [0.15, 0.2) is 0 Å². The quantitative estimate of drug-likeness (QED) is 0.746. The fourth-order valence-electron chi connectivity index (χ4n) is 2.58. The predicted octanol–water partition coefficient (Wildman–Crippen LogP) is 4.68. The van der Waals surface area contributed by atoms with Crippen LogP contribution < -0.4 is 0 Å². The first-order valence-corrected chi connectivity index (χ1v) is 8.35. The largest absolute Gasteiger partial charge is 0.331 e. The van der Waals surface area contributed by atoms with Crippen LogP contribution in [0, 0.1) is 11.3 Å². The number of amides is 1. The van der Waals surface area contributed by atoms with Gasteiger partial charge >= 0.3 is 0 Å². The summed E-state index contributed by atoms with van der Waals surface area (Å²) in [6, 6.07) is 17.2. The SMILES string of the molecule is C=CCN(Cc1ccc(C#N)cc1)C(=O)c1ccc(C(C)(C)C)cc1. The summed E-state index contributed by atoms with van der Waals surface area (Å²) in [5, 5.41) is 8.88. The first kappa shape index (κ1) is 18.5. The van der Waals surface area contributed by atoms with Gasteiger partial charge in [-0.3, -0.25) is 4.79 Å². The van der Waals surface area contributed by atoms with Gasteiger partial charge in [0.05, 0.1) is 11.6 Å². The molecule has 2 rings (SSSR count). The third kappa shape index (κ3) is 4.81. The Hall–Kier alpha value is -2.86. The van der Waals surface area contributed by atoms with E-state index < -0.39 is 0 Å². The molecule has 3 nitrogen and oxygen atoms in total. The fourth-order valence-corrected chi connectivity index (χ4v) is 2.58. The maximum atomic E-state index is 12.8.